The molecule has 1 aromatic carbocycles. The van der Waals surface area contributed by atoms with Gasteiger partial charge in [-0.15, -0.1) is 0 Å². The van der Waals surface area contributed by atoms with E-state index in [2.05, 4.69) is 35.1 Å². The van der Waals surface area contributed by atoms with Crippen molar-refractivity contribution in [3.63, 3.8) is 0 Å². The lowest BCUT2D eigenvalue weighted by Crippen LogP contribution is -2.55. The van der Waals surface area contributed by atoms with Crippen LogP contribution in [0.3, 0.4) is 0 Å². The Morgan fingerprint density at radius 3 is 2.34 bits per heavy atom. The van der Waals surface area contributed by atoms with Gasteiger partial charge in [-0.1, -0.05) is 26.0 Å². The molecule has 4 aliphatic rings. The Morgan fingerprint density at radius 1 is 0.880 bits per heavy atom. The highest BCUT2D eigenvalue weighted by molar-refractivity contribution is 5.84. The molecule has 5 rings (SSSR count). The number of hydrogen-bond acceptors (Lipinski definition) is 8. The number of carbonyl (C=O) groups excluding carboxylic acids is 2. The Balaban J connectivity index is 1.04. The molecule has 4 aliphatic carbocycles. The number of rotatable bonds is 19. The van der Waals surface area contributed by atoms with Crippen molar-refractivity contribution in [2.75, 3.05) is 46.4 Å². The van der Waals surface area contributed by atoms with Crippen LogP contribution in [0.25, 0.3) is 0 Å². The smallest absolute Gasteiger partial charge is 0.328 e. The summed E-state index contributed by atoms with van der Waals surface area (Å²) in [4.78, 5) is 25.5. The van der Waals surface area contributed by atoms with Crippen LogP contribution in [0.5, 0.6) is 5.75 Å². The Bertz CT molecular complexity index is 1210. The van der Waals surface area contributed by atoms with Gasteiger partial charge in [-0.3, -0.25) is 4.79 Å². The summed E-state index contributed by atoms with van der Waals surface area (Å²) < 4.78 is 4.99. The largest absolute Gasteiger partial charge is 0.508 e. The third-order valence-electron chi connectivity index (χ3n) is 14.0. The summed E-state index contributed by atoms with van der Waals surface area (Å²) in [7, 11) is 1.35. The minimum absolute atomic E-state index is 0.0853. The molecule has 9 atom stereocenters. The van der Waals surface area contributed by atoms with E-state index >= 15 is 0 Å². The van der Waals surface area contributed by atoms with Gasteiger partial charge < -0.3 is 36.8 Å². The van der Waals surface area contributed by atoms with Crippen LogP contribution in [0.15, 0.2) is 24.3 Å². The fourth-order valence-corrected chi connectivity index (χ4v) is 11.2. The van der Waals surface area contributed by atoms with Gasteiger partial charge >= 0.3 is 5.97 Å². The Labute approximate surface area is 302 Å². The Hall–Kier alpha value is -2.20. The second kappa shape index (κ2) is 18.5. The number of nitrogens with two attached hydrogens (primary N) is 1. The van der Waals surface area contributed by atoms with E-state index in [0.717, 1.165) is 87.8 Å². The number of phenolic OH excluding ortho intramolecular Hbond substituents is 1. The molecule has 0 aliphatic heterocycles. The molecule has 9 heteroatoms. The zero-order valence-electron chi connectivity index (χ0n) is 31.4. The molecule has 4 fully saturated rings. The van der Waals surface area contributed by atoms with Crippen molar-refractivity contribution in [1.82, 2.24) is 21.3 Å². The van der Waals surface area contributed by atoms with Crippen LogP contribution in [-0.4, -0.2) is 75.4 Å². The van der Waals surface area contributed by atoms with Crippen molar-refractivity contribution in [2.24, 2.45) is 46.2 Å². The second-order valence-electron chi connectivity index (χ2n) is 16.8. The first kappa shape index (κ1) is 39.0. The topological polar surface area (TPSA) is 138 Å². The summed E-state index contributed by atoms with van der Waals surface area (Å²) in [5.74, 6) is 3.75. The number of fused-ring (bicyclic) bond motifs is 5. The average molecular weight is 696 g/mol. The molecular weight excluding hydrogens is 626 g/mol. The second-order valence-corrected chi connectivity index (χ2v) is 16.8. The lowest BCUT2D eigenvalue weighted by Gasteiger charge is -2.61. The van der Waals surface area contributed by atoms with Gasteiger partial charge in [0.05, 0.1) is 7.11 Å². The lowest BCUT2D eigenvalue weighted by molar-refractivity contribution is -0.145. The van der Waals surface area contributed by atoms with Crippen molar-refractivity contribution in [2.45, 2.75) is 122 Å². The summed E-state index contributed by atoms with van der Waals surface area (Å²) in [5, 5.41) is 23.5. The average Bonchev–Trinajstić information content (AvgIpc) is 3.45. The lowest BCUT2D eigenvalue weighted by atomic mass is 9.44. The molecule has 4 saturated carbocycles. The Morgan fingerprint density at radius 2 is 1.60 bits per heavy atom. The number of carbonyl (C=O) groups is 2. The molecule has 7 N–H and O–H groups in total. The molecule has 0 spiro atoms. The minimum atomic E-state index is -0.727. The van der Waals surface area contributed by atoms with Crippen molar-refractivity contribution < 1.29 is 19.4 Å². The van der Waals surface area contributed by atoms with E-state index < -0.39 is 12.0 Å². The highest BCUT2D eigenvalue weighted by Gasteiger charge is 2.59. The van der Waals surface area contributed by atoms with Gasteiger partial charge in [0.15, 0.2) is 0 Å². The van der Waals surface area contributed by atoms with Crippen LogP contribution in [0, 0.1) is 40.4 Å². The summed E-state index contributed by atoms with van der Waals surface area (Å²) in [5.41, 5.74) is 7.30. The summed E-state index contributed by atoms with van der Waals surface area (Å²) in [6, 6.07) is 6.68. The number of amides is 1. The molecule has 0 bridgehead atoms. The molecule has 0 aromatic heterocycles. The quantitative estimate of drug-likeness (QED) is 0.0848. The van der Waals surface area contributed by atoms with Crippen molar-refractivity contribution >= 4 is 11.9 Å². The van der Waals surface area contributed by atoms with E-state index in [1.165, 1.54) is 71.3 Å². The minimum Gasteiger partial charge on any atom is -0.508 e. The number of phenols is 1. The molecule has 0 saturated heterocycles. The zero-order chi connectivity index (χ0) is 35.6. The molecule has 0 heterocycles. The van der Waals surface area contributed by atoms with Crippen LogP contribution >= 0.6 is 0 Å². The summed E-state index contributed by atoms with van der Waals surface area (Å²) in [6.45, 7) is 11.3. The van der Waals surface area contributed by atoms with E-state index in [-0.39, 0.29) is 11.7 Å². The van der Waals surface area contributed by atoms with Gasteiger partial charge in [0.1, 0.15) is 11.8 Å². The summed E-state index contributed by atoms with van der Waals surface area (Å²) >= 11 is 0. The summed E-state index contributed by atoms with van der Waals surface area (Å²) in [6.07, 6.45) is 17.2. The van der Waals surface area contributed by atoms with Crippen molar-refractivity contribution in [3.05, 3.63) is 29.8 Å². The normalized spacial score (nSPS) is 32.4. The highest BCUT2D eigenvalue weighted by Crippen LogP contribution is 2.67. The first-order chi connectivity index (χ1) is 24.2. The first-order valence-electron chi connectivity index (χ1n) is 20.2. The first-order valence-corrected chi connectivity index (χ1v) is 20.2. The van der Waals surface area contributed by atoms with Crippen LogP contribution in [-0.2, 0) is 20.7 Å². The van der Waals surface area contributed by atoms with Gasteiger partial charge in [-0.2, -0.15) is 0 Å². The third-order valence-corrected chi connectivity index (χ3v) is 14.0. The molecule has 1 amide bonds. The number of nitrogens with one attached hydrogen (secondary N) is 4. The molecule has 1 aromatic rings. The number of methoxy groups -OCH3 is 1. The third kappa shape index (κ3) is 9.61. The van der Waals surface area contributed by atoms with Crippen LogP contribution in [0.4, 0.5) is 0 Å². The zero-order valence-corrected chi connectivity index (χ0v) is 31.4. The molecule has 8 unspecified atom stereocenters. The van der Waals surface area contributed by atoms with Crippen LogP contribution in [0.1, 0.15) is 109 Å². The number of ether oxygens (including phenoxy) is 1. The van der Waals surface area contributed by atoms with Gasteiger partial charge in [0.25, 0.3) is 0 Å². The number of benzene rings is 1. The van der Waals surface area contributed by atoms with Gasteiger partial charge in [0.2, 0.25) is 5.91 Å². The van der Waals surface area contributed by atoms with Crippen LogP contribution in [0.2, 0.25) is 0 Å². The van der Waals surface area contributed by atoms with Gasteiger partial charge in [0, 0.05) is 32.0 Å². The fourth-order valence-electron chi connectivity index (χ4n) is 11.2. The Kier molecular flexibility index (Phi) is 14.5. The molecule has 0 radical (unpaired) electrons. The number of esters is 1. The highest BCUT2D eigenvalue weighted by atomic mass is 16.5. The van der Waals surface area contributed by atoms with Crippen LogP contribution < -0.4 is 27.0 Å². The SMILES string of the molecule is COC(=O)C(Cc1ccc(O)cc1)NC(=O)CCC[C@H]1CCC2C3CCC4CC(NCCCNCCNCCCN)CCC4(C)C3CCC21C. The maximum atomic E-state index is 13.0. The van der Waals surface area contributed by atoms with E-state index in [1.54, 1.807) is 24.3 Å². The predicted octanol–water partition coefficient (Wildman–Crippen LogP) is 5.30. The number of hydrogen-bond donors (Lipinski definition) is 6. The fraction of sp³-hybridized carbons (Fsp3) is 0.805. The van der Waals surface area contributed by atoms with E-state index in [4.69, 9.17) is 10.5 Å². The maximum Gasteiger partial charge on any atom is 0.328 e. The molecule has 50 heavy (non-hydrogen) atoms. The number of aromatic hydroxyl groups is 1. The maximum absolute atomic E-state index is 13.0. The molecular formula is C41H69N5O4. The van der Waals surface area contributed by atoms with Crippen molar-refractivity contribution in [1.29, 1.82) is 0 Å². The van der Waals surface area contributed by atoms with Gasteiger partial charge in [-0.25, -0.2) is 4.79 Å². The van der Waals surface area contributed by atoms with E-state index in [9.17, 15) is 14.7 Å². The van der Waals surface area contributed by atoms with Gasteiger partial charge in [-0.05, 0) is 168 Å². The standard InChI is InChI=1S/C41H69N5O4/c1-40-20-18-36-34(15-11-31-28-32(17-19-41(31,36)2)45-24-6-23-44-26-25-43-22-5-21-42)35(40)16-12-30(40)7-4-8-38(48)46-37(39(49)50-3)27-29-9-13-33(47)14-10-29/h9-10,13-14,30-32,34-37,43-45,47H,4-8,11-12,15-28,42H2,1-3H3,(H,46,48)/t30-,31?,32?,34?,35?,36?,37?,40?,41?/m0/s1. The van der Waals surface area contributed by atoms with Crippen molar-refractivity contribution in [3.8, 4) is 5.75 Å². The van der Waals surface area contributed by atoms with E-state index in [1.807, 2.05) is 0 Å². The monoisotopic (exact) mass is 696 g/mol. The predicted molar refractivity (Wildman–Crippen MR) is 201 cm³/mol. The molecule has 9 nitrogen and oxygen atoms in total. The molecule has 282 valence electrons. The van der Waals surface area contributed by atoms with E-state index in [0.29, 0.717) is 35.6 Å².